The smallest absolute Gasteiger partial charge is 0.244 e. The predicted molar refractivity (Wildman–Crippen MR) is 79.4 cm³/mol. The second-order valence-electron chi connectivity index (χ2n) is 4.88. The van der Waals surface area contributed by atoms with Crippen molar-refractivity contribution in [1.82, 2.24) is 9.29 Å². The first-order chi connectivity index (χ1) is 8.63. The van der Waals surface area contributed by atoms with Crippen molar-refractivity contribution in [3.8, 4) is 0 Å². The molecule has 0 saturated carbocycles. The number of aromatic nitrogens is 1. The van der Waals surface area contributed by atoms with Crippen LogP contribution in [0.15, 0.2) is 23.2 Å². The van der Waals surface area contributed by atoms with E-state index < -0.39 is 15.6 Å². The van der Waals surface area contributed by atoms with Crippen molar-refractivity contribution in [2.75, 3.05) is 7.05 Å². The van der Waals surface area contributed by atoms with Gasteiger partial charge in [0.05, 0.1) is 5.69 Å². The van der Waals surface area contributed by atoms with Gasteiger partial charge in [0.15, 0.2) is 0 Å². The lowest BCUT2D eigenvalue weighted by molar-refractivity contribution is 0.257. The molecule has 19 heavy (non-hydrogen) atoms. The molecule has 0 spiro atoms. The highest BCUT2D eigenvalue weighted by molar-refractivity contribution is 7.89. The predicted octanol–water partition coefficient (Wildman–Crippen LogP) is 1.52. The zero-order chi connectivity index (χ0) is 14.8. The highest BCUT2D eigenvalue weighted by Gasteiger charge is 2.32. The molecule has 0 bridgehead atoms. The van der Waals surface area contributed by atoms with Crippen LogP contribution in [0.2, 0.25) is 0 Å². The molecular formula is C12H19N3O2S2. The third kappa shape index (κ3) is 3.29. The minimum absolute atomic E-state index is 0.136. The Hall–Kier alpha value is -1.05. The molecule has 0 aliphatic rings. The first kappa shape index (κ1) is 16.0. The molecule has 0 aromatic carbocycles. The first-order valence-corrected chi connectivity index (χ1v) is 7.72. The molecule has 7 heteroatoms. The van der Waals surface area contributed by atoms with Crippen molar-refractivity contribution in [1.29, 1.82) is 0 Å². The van der Waals surface area contributed by atoms with Crippen LogP contribution < -0.4 is 5.73 Å². The minimum Gasteiger partial charge on any atom is -0.388 e. The third-order valence-electron chi connectivity index (χ3n) is 3.36. The molecular weight excluding hydrogens is 282 g/mol. The number of nitrogens with two attached hydrogens (primary N) is 1. The van der Waals surface area contributed by atoms with Gasteiger partial charge in [-0.2, -0.15) is 4.31 Å². The van der Waals surface area contributed by atoms with E-state index >= 15 is 0 Å². The Morgan fingerprint density at radius 1 is 1.47 bits per heavy atom. The van der Waals surface area contributed by atoms with Crippen LogP contribution in [0.5, 0.6) is 0 Å². The quantitative estimate of drug-likeness (QED) is 0.835. The number of nitrogens with zero attached hydrogens (tertiary/aromatic N) is 2. The van der Waals surface area contributed by atoms with Crippen molar-refractivity contribution in [2.24, 2.45) is 5.73 Å². The minimum atomic E-state index is -3.56. The van der Waals surface area contributed by atoms with Gasteiger partial charge in [0.25, 0.3) is 0 Å². The maximum absolute atomic E-state index is 12.4. The van der Waals surface area contributed by atoms with E-state index in [0.717, 1.165) is 0 Å². The van der Waals surface area contributed by atoms with Gasteiger partial charge in [0.1, 0.15) is 9.88 Å². The summed E-state index contributed by atoms with van der Waals surface area (Å²) >= 11 is 4.78. The zero-order valence-electron chi connectivity index (χ0n) is 11.5. The van der Waals surface area contributed by atoms with Gasteiger partial charge >= 0.3 is 0 Å². The van der Waals surface area contributed by atoms with Gasteiger partial charge in [0, 0.05) is 18.8 Å². The largest absolute Gasteiger partial charge is 0.388 e. The average Bonchev–Trinajstić information content (AvgIpc) is 2.37. The number of sulfonamides is 1. The highest BCUT2D eigenvalue weighted by Crippen LogP contribution is 2.24. The SMILES string of the molecule is CCC(C)(C)N(C)S(=O)(=O)c1ccc(C(N)=S)nc1. The molecule has 106 valence electrons. The van der Waals surface area contributed by atoms with E-state index in [4.69, 9.17) is 18.0 Å². The normalized spacial score (nSPS) is 12.7. The number of hydrogen-bond donors (Lipinski definition) is 1. The lowest BCUT2D eigenvalue weighted by Crippen LogP contribution is -2.44. The molecule has 0 unspecified atom stereocenters. The molecule has 0 saturated heterocycles. The van der Waals surface area contributed by atoms with Crippen molar-refractivity contribution in [3.63, 3.8) is 0 Å². The van der Waals surface area contributed by atoms with Crippen LogP contribution in [0.25, 0.3) is 0 Å². The fourth-order valence-corrected chi connectivity index (χ4v) is 3.03. The monoisotopic (exact) mass is 301 g/mol. The number of rotatable bonds is 5. The van der Waals surface area contributed by atoms with Crippen molar-refractivity contribution in [2.45, 2.75) is 37.6 Å². The van der Waals surface area contributed by atoms with Crippen LogP contribution >= 0.6 is 12.2 Å². The number of thiocarbonyl (C=S) groups is 1. The van der Waals surface area contributed by atoms with Gasteiger partial charge < -0.3 is 5.73 Å². The number of pyridine rings is 1. The molecule has 1 heterocycles. The standard InChI is InChI=1S/C12H19N3O2S2/c1-5-12(2,3)15(4)19(16,17)9-6-7-10(11(13)18)14-8-9/h6-8H,5H2,1-4H3,(H2,13,18). The van der Waals surface area contributed by atoms with E-state index in [9.17, 15) is 8.42 Å². The Labute approximate surface area is 119 Å². The van der Waals surface area contributed by atoms with Gasteiger partial charge in [0.2, 0.25) is 10.0 Å². The molecule has 0 aliphatic heterocycles. The van der Waals surface area contributed by atoms with Gasteiger partial charge in [-0.25, -0.2) is 8.42 Å². The van der Waals surface area contributed by atoms with E-state index in [2.05, 4.69) is 4.98 Å². The first-order valence-electron chi connectivity index (χ1n) is 5.88. The van der Waals surface area contributed by atoms with Crippen LogP contribution in [0.1, 0.15) is 32.9 Å². The average molecular weight is 301 g/mol. The molecule has 1 aromatic rings. The van der Waals surface area contributed by atoms with Gasteiger partial charge in [-0.15, -0.1) is 0 Å². The summed E-state index contributed by atoms with van der Waals surface area (Å²) in [4.78, 5) is 4.24. The molecule has 1 aromatic heterocycles. The molecule has 0 radical (unpaired) electrons. The van der Waals surface area contributed by atoms with E-state index in [-0.39, 0.29) is 9.88 Å². The zero-order valence-corrected chi connectivity index (χ0v) is 13.2. The Morgan fingerprint density at radius 3 is 2.42 bits per heavy atom. The summed E-state index contributed by atoms with van der Waals surface area (Å²) in [6.07, 6.45) is 1.99. The summed E-state index contributed by atoms with van der Waals surface area (Å²) in [5, 5.41) is 0. The second-order valence-corrected chi connectivity index (χ2v) is 7.29. The van der Waals surface area contributed by atoms with Gasteiger partial charge in [-0.05, 0) is 32.4 Å². The van der Waals surface area contributed by atoms with E-state index in [0.29, 0.717) is 12.1 Å². The summed E-state index contributed by atoms with van der Waals surface area (Å²) in [6, 6.07) is 2.99. The molecule has 1 rings (SSSR count). The van der Waals surface area contributed by atoms with Gasteiger partial charge in [-0.1, -0.05) is 19.1 Å². The summed E-state index contributed by atoms with van der Waals surface area (Å²) in [5.41, 5.74) is 5.38. The van der Waals surface area contributed by atoms with Crippen LogP contribution in [-0.4, -0.2) is 35.3 Å². The molecule has 5 nitrogen and oxygen atoms in total. The van der Waals surface area contributed by atoms with Crippen LogP contribution in [-0.2, 0) is 10.0 Å². The van der Waals surface area contributed by atoms with Crippen LogP contribution in [0.3, 0.4) is 0 Å². The Morgan fingerprint density at radius 2 is 2.05 bits per heavy atom. The maximum Gasteiger partial charge on any atom is 0.244 e. The molecule has 0 amide bonds. The summed E-state index contributed by atoms with van der Waals surface area (Å²) < 4.78 is 26.2. The highest BCUT2D eigenvalue weighted by atomic mass is 32.2. The molecule has 0 aliphatic carbocycles. The van der Waals surface area contributed by atoms with E-state index in [1.54, 1.807) is 7.05 Å². The summed E-state index contributed by atoms with van der Waals surface area (Å²) in [6.45, 7) is 5.70. The lowest BCUT2D eigenvalue weighted by Gasteiger charge is -2.33. The van der Waals surface area contributed by atoms with Crippen LogP contribution in [0, 0.1) is 0 Å². The summed E-state index contributed by atoms with van der Waals surface area (Å²) in [5.74, 6) is 0. The fraction of sp³-hybridized carbons (Fsp3) is 0.500. The van der Waals surface area contributed by atoms with E-state index in [1.165, 1.54) is 22.6 Å². The topological polar surface area (TPSA) is 76.3 Å². The summed E-state index contributed by atoms with van der Waals surface area (Å²) in [7, 11) is -1.99. The molecule has 2 N–H and O–H groups in total. The van der Waals surface area contributed by atoms with Crippen LogP contribution in [0.4, 0.5) is 0 Å². The fourth-order valence-electron chi connectivity index (χ4n) is 1.38. The Balaban J connectivity index is 3.17. The van der Waals surface area contributed by atoms with Crippen molar-refractivity contribution in [3.05, 3.63) is 24.0 Å². The Bertz CT molecular complexity index is 565. The molecule has 0 atom stereocenters. The Kier molecular flexibility index (Phi) is 4.65. The van der Waals surface area contributed by atoms with Gasteiger partial charge in [-0.3, -0.25) is 4.98 Å². The van der Waals surface area contributed by atoms with Crippen molar-refractivity contribution < 1.29 is 8.42 Å². The number of hydrogen-bond acceptors (Lipinski definition) is 4. The third-order valence-corrected chi connectivity index (χ3v) is 5.63. The lowest BCUT2D eigenvalue weighted by atomic mass is 10.0. The van der Waals surface area contributed by atoms with E-state index in [1.807, 2.05) is 20.8 Å². The van der Waals surface area contributed by atoms with Crippen molar-refractivity contribution >= 4 is 27.2 Å². The second kappa shape index (κ2) is 5.52. The molecule has 0 fully saturated rings. The maximum atomic E-state index is 12.4.